The second kappa shape index (κ2) is 5.25. The quantitative estimate of drug-likeness (QED) is 0.897. The molecule has 1 aromatic heterocycles. The van der Waals surface area contributed by atoms with Gasteiger partial charge in [0.2, 0.25) is 5.91 Å². The minimum absolute atomic E-state index is 0.0103. The van der Waals surface area contributed by atoms with E-state index in [4.69, 9.17) is 0 Å². The van der Waals surface area contributed by atoms with Crippen molar-refractivity contribution in [1.82, 2.24) is 10.2 Å². The molecule has 1 amide bonds. The normalized spacial score (nSPS) is 28.9. The Hall–Kier alpha value is -0.870. The number of carbonyl (C=O) groups is 1. The minimum atomic E-state index is 0.0103. The average Bonchev–Trinajstić information content (AvgIpc) is 3.01. The van der Waals surface area contributed by atoms with Crippen LogP contribution >= 0.6 is 11.3 Å². The Kier molecular flexibility index (Phi) is 3.63. The fourth-order valence-corrected chi connectivity index (χ4v) is 3.75. The van der Waals surface area contributed by atoms with Gasteiger partial charge >= 0.3 is 0 Å². The van der Waals surface area contributed by atoms with Crippen LogP contribution in [0.5, 0.6) is 0 Å². The first-order valence-corrected chi connectivity index (χ1v) is 8.27. The first kappa shape index (κ1) is 13.1. The Morgan fingerprint density at radius 3 is 2.89 bits per heavy atom. The molecule has 0 spiro atoms. The molecule has 1 aromatic rings. The Bertz CT molecular complexity index is 441. The maximum atomic E-state index is 12.6. The molecule has 3 unspecified atom stereocenters. The summed E-state index contributed by atoms with van der Waals surface area (Å²) in [6, 6.07) is 2.51. The Labute approximate surface area is 119 Å². The van der Waals surface area contributed by atoms with Gasteiger partial charge in [-0.25, -0.2) is 0 Å². The number of hydrogen-bond donors (Lipinski definition) is 1. The molecule has 2 aliphatic rings. The molecule has 0 bridgehead atoms. The van der Waals surface area contributed by atoms with E-state index in [1.807, 2.05) is 0 Å². The first-order valence-electron chi connectivity index (χ1n) is 7.32. The zero-order chi connectivity index (χ0) is 13.4. The van der Waals surface area contributed by atoms with Crippen molar-refractivity contribution in [3.8, 4) is 0 Å². The number of rotatable bonds is 5. The molecule has 19 heavy (non-hydrogen) atoms. The van der Waals surface area contributed by atoms with Gasteiger partial charge in [0.15, 0.2) is 0 Å². The highest BCUT2D eigenvalue weighted by molar-refractivity contribution is 7.07. The van der Waals surface area contributed by atoms with Gasteiger partial charge in [-0.05, 0) is 54.5 Å². The molecule has 3 atom stereocenters. The molecule has 0 radical (unpaired) electrons. The van der Waals surface area contributed by atoms with Gasteiger partial charge in [0.05, 0.1) is 6.04 Å². The predicted octanol–water partition coefficient (Wildman–Crippen LogP) is 3.15. The van der Waals surface area contributed by atoms with Crippen LogP contribution in [0.25, 0.3) is 0 Å². The van der Waals surface area contributed by atoms with Gasteiger partial charge in [-0.2, -0.15) is 11.3 Å². The Morgan fingerprint density at radius 1 is 1.53 bits per heavy atom. The molecule has 2 heterocycles. The van der Waals surface area contributed by atoms with Gasteiger partial charge in [-0.3, -0.25) is 10.1 Å². The van der Waals surface area contributed by atoms with E-state index in [2.05, 4.69) is 40.9 Å². The van der Waals surface area contributed by atoms with Crippen molar-refractivity contribution in [3.63, 3.8) is 0 Å². The van der Waals surface area contributed by atoms with Crippen molar-refractivity contribution < 1.29 is 4.79 Å². The van der Waals surface area contributed by atoms with E-state index in [1.54, 1.807) is 11.3 Å². The Morgan fingerprint density at radius 2 is 2.32 bits per heavy atom. The number of thiophene rings is 1. The molecule has 1 aliphatic heterocycles. The molecule has 3 rings (SSSR count). The van der Waals surface area contributed by atoms with Crippen LogP contribution in [0.3, 0.4) is 0 Å². The molecular formula is C15H22N2OS. The SMILES string of the molecule is CCCC1NC(c2ccsc2)N(C(C)C2CC2)C1=O. The summed E-state index contributed by atoms with van der Waals surface area (Å²) in [4.78, 5) is 14.8. The number of nitrogens with one attached hydrogen (secondary N) is 1. The fourth-order valence-electron chi connectivity index (χ4n) is 3.07. The summed E-state index contributed by atoms with van der Waals surface area (Å²) in [5.41, 5.74) is 1.24. The highest BCUT2D eigenvalue weighted by Crippen LogP contribution is 2.40. The maximum absolute atomic E-state index is 12.6. The van der Waals surface area contributed by atoms with Crippen molar-refractivity contribution in [3.05, 3.63) is 22.4 Å². The second-order valence-electron chi connectivity index (χ2n) is 5.79. The van der Waals surface area contributed by atoms with E-state index in [1.165, 1.54) is 18.4 Å². The van der Waals surface area contributed by atoms with Crippen molar-refractivity contribution in [2.75, 3.05) is 0 Å². The van der Waals surface area contributed by atoms with Gasteiger partial charge in [0, 0.05) is 6.04 Å². The first-order chi connectivity index (χ1) is 9.22. The van der Waals surface area contributed by atoms with E-state index in [0.29, 0.717) is 17.9 Å². The second-order valence-corrected chi connectivity index (χ2v) is 6.57. The van der Waals surface area contributed by atoms with Gasteiger partial charge in [0.1, 0.15) is 6.17 Å². The molecule has 104 valence electrons. The van der Waals surface area contributed by atoms with Gasteiger partial charge < -0.3 is 4.90 Å². The third kappa shape index (κ3) is 2.43. The van der Waals surface area contributed by atoms with Crippen LogP contribution in [0.15, 0.2) is 16.8 Å². The molecule has 2 fully saturated rings. The van der Waals surface area contributed by atoms with Crippen molar-refractivity contribution >= 4 is 17.2 Å². The lowest BCUT2D eigenvalue weighted by molar-refractivity contribution is -0.132. The third-order valence-electron chi connectivity index (χ3n) is 4.37. The minimum Gasteiger partial charge on any atom is -0.319 e. The van der Waals surface area contributed by atoms with Gasteiger partial charge in [0.25, 0.3) is 0 Å². The van der Waals surface area contributed by atoms with E-state index in [-0.39, 0.29) is 12.2 Å². The molecule has 1 N–H and O–H groups in total. The number of nitrogens with zero attached hydrogens (tertiary/aromatic N) is 1. The van der Waals surface area contributed by atoms with Crippen LogP contribution in [-0.4, -0.2) is 22.9 Å². The molecule has 1 aliphatic carbocycles. The number of hydrogen-bond acceptors (Lipinski definition) is 3. The molecular weight excluding hydrogens is 256 g/mol. The van der Waals surface area contributed by atoms with Crippen molar-refractivity contribution in [1.29, 1.82) is 0 Å². The zero-order valence-electron chi connectivity index (χ0n) is 11.6. The fraction of sp³-hybridized carbons (Fsp3) is 0.667. The maximum Gasteiger partial charge on any atom is 0.241 e. The summed E-state index contributed by atoms with van der Waals surface area (Å²) in [6.07, 6.45) is 4.63. The summed E-state index contributed by atoms with van der Waals surface area (Å²) in [7, 11) is 0. The molecule has 3 nitrogen and oxygen atoms in total. The molecule has 1 saturated heterocycles. The van der Waals surface area contributed by atoms with E-state index >= 15 is 0 Å². The van der Waals surface area contributed by atoms with Crippen LogP contribution in [0.1, 0.15) is 51.3 Å². The monoisotopic (exact) mass is 278 g/mol. The largest absolute Gasteiger partial charge is 0.319 e. The lowest BCUT2D eigenvalue weighted by Gasteiger charge is -2.30. The summed E-state index contributed by atoms with van der Waals surface area (Å²) in [5, 5.41) is 7.79. The highest BCUT2D eigenvalue weighted by atomic mass is 32.1. The third-order valence-corrected chi connectivity index (χ3v) is 5.07. The van der Waals surface area contributed by atoms with Gasteiger partial charge in [-0.15, -0.1) is 0 Å². The molecule has 0 aromatic carbocycles. The number of amides is 1. The predicted molar refractivity (Wildman–Crippen MR) is 77.9 cm³/mol. The molecule has 1 saturated carbocycles. The lowest BCUT2D eigenvalue weighted by atomic mass is 10.1. The van der Waals surface area contributed by atoms with Crippen molar-refractivity contribution in [2.24, 2.45) is 5.92 Å². The summed E-state index contributed by atoms with van der Waals surface area (Å²) in [5.74, 6) is 1.02. The lowest BCUT2D eigenvalue weighted by Crippen LogP contribution is -2.39. The zero-order valence-corrected chi connectivity index (χ0v) is 12.5. The van der Waals surface area contributed by atoms with E-state index < -0.39 is 0 Å². The topological polar surface area (TPSA) is 32.3 Å². The van der Waals surface area contributed by atoms with Crippen LogP contribution in [0, 0.1) is 5.92 Å². The van der Waals surface area contributed by atoms with Crippen LogP contribution in [0.4, 0.5) is 0 Å². The van der Waals surface area contributed by atoms with Crippen LogP contribution < -0.4 is 5.32 Å². The number of carbonyl (C=O) groups excluding carboxylic acids is 1. The van der Waals surface area contributed by atoms with E-state index in [0.717, 1.165) is 12.8 Å². The summed E-state index contributed by atoms with van der Waals surface area (Å²) in [6.45, 7) is 4.35. The average molecular weight is 278 g/mol. The van der Waals surface area contributed by atoms with Gasteiger partial charge in [-0.1, -0.05) is 13.3 Å². The summed E-state index contributed by atoms with van der Waals surface area (Å²) < 4.78 is 0. The standard InChI is InChI=1S/C15H22N2OS/c1-3-4-13-15(18)17(10(2)11-5-6-11)14(16-13)12-7-8-19-9-12/h7-11,13-14,16H,3-6H2,1-2H3. The smallest absolute Gasteiger partial charge is 0.241 e. The molecule has 4 heteroatoms. The Balaban J connectivity index is 1.84. The van der Waals surface area contributed by atoms with E-state index in [9.17, 15) is 4.79 Å². The van der Waals surface area contributed by atoms with Crippen LogP contribution in [0.2, 0.25) is 0 Å². The highest BCUT2D eigenvalue weighted by Gasteiger charge is 2.45. The van der Waals surface area contributed by atoms with Crippen molar-refractivity contribution in [2.45, 2.75) is 57.8 Å². The summed E-state index contributed by atoms with van der Waals surface area (Å²) >= 11 is 1.70. The van der Waals surface area contributed by atoms with Crippen LogP contribution in [-0.2, 0) is 4.79 Å².